The summed E-state index contributed by atoms with van der Waals surface area (Å²) in [6.07, 6.45) is 1.12. The Morgan fingerprint density at radius 2 is 1.68 bits per heavy atom. The van der Waals surface area contributed by atoms with E-state index in [4.69, 9.17) is 4.84 Å². The van der Waals surface area contributed by atoms with Gasteiger partial charge in [-0.25, -0.2) is 18.7 Å². The van der Waals surface area contributed by atoms with E-state index in [1.165, 1.54) is 24.3 Å². The van der Waals surface area contributed by atoms with Gasteiger partial charge in [0.1, 0.15) is 0 Å². The summed E-state index contributed by atoms with van der Waals surface area (Å²) in [5.41, 5.74) is 3.65. The van der Waals surface area contributed by atoms with Crippen molar-refractivity contribution < 1.29 is 18.0 Å². The zero-order valence-electron chi connectivity index (χ0n) is 11.9. The number of nitrogens with one attached hydrogen (secondary N) is 2. The van der Waals surface area contributed by atoms with Crippen molar-refractivity contribution in [3.63, 3.8) is 0 Å². The second-order valence-corrected chi connectivity index (χ2v) is 6.64. The first-order chi connectivity index (χ1) is 10.4. The first-order valence-corrected chi connectivity index (χ1v) is 8.37. The number of sulfone groups is 1. The van der Waals surface area contributed by atoms with E-state index in [9.17, 15) is 13.2 Å². The number of carbonyl (C=O) groups excluding carboxylic acids is 1. The normalized spacial score (nSPS) is 11.0. The highest BCUT2D eigenvalue weighted by molar-refractivity contribution is 7.90. The molecule has 0 saturated heterocycles. The number of hydroxylamine groups is 1. The molecule has 116 valence electrons. The Hall–Kier alpha value is -2.38. The van der Waals surface area contributed by atoms with Crippen LogP contribution in [-0.4, -0.2) is 20.7 Å². The van der Waals surface area contributed by atoms with Crippen molar-refractivity contribution >= 4 is 21.6 Å². The van der Waals surface area contributed by atoms with Crippen molar-refractivity contribution in [2.24, 2.45) is 0 Å². The van der Waals surface area contributed by atoms with Crippen LogP contribution in [0.2, 0.25) is 0 Å². The number of anilines is 1. The number of amides is 2. The molecular formula is C15H16N2O4S. The molecule has 2 aromatic rings. The topological polar surface area (TPSA) is 84.5 Å². The van der Waals surface area contributed by atoms with Gasteiger partial charge in [-0.05, 0) is 29.8 Å². The molecular weight excluding hydrogens is 304 g/mol. The summed E-state index contributed by atoms with van der Waals surface area (Å²) in [6, 6.07) is 14.7. The van der Waals surface area contributed by atoms with Crippen molar-refractivity contribution in [2.45, 2.75) is 11.5 Å². The van der Waals surface area contributed by atoms with E-state index in [0.717, 1.165) is 11.8 Å². The molecule has 0 aliphatic heterocycles. The molecule has 6 nitrogen and oxygen atoms in total. The van der Waals surface area contributed by atoms with Gasteiger partial charge in [0.15, 0.2) is 9.84 Å². The van der Waals surface area contributed by atoms with Gasteiger partial charge in [0.25, 0.3) is 0 Å². The van der Waals surface area contributed by atoms with Crippen LogP contribution in [0.4, 0.5) is 10.5 Å². The first kappa shape index (κ1) is 16.0. The Labute approximate surface area is 129 Å². The van der Waals surface area contributed by atoms with Crippen LogP contribution in [0.15, 0.2) is 59.5 Å². The number of carbonyl (C=O) groups is 1. The van der Waals surface area contributed by atoms with E-state index < -0.39 is 15.9 Å². The van der Waals surface area contributed by atoms with Gasteiger partial charge in [-0.1, -0.05) is 30.3 Å². The number of urea groups is 1. The van der Waals surface area contributed by atoms with Gasteiger partial charge in [-0.3, -0.25) is 4.84 Å². The van der Waals surface area contributed by atoms with Crippen LogP contribution in [0.5, 0.6) is 0 Å². The van der Waals surface area contributed by atoms with Crippen molar-refractivity contribution in [3.8, 4) is 0 Å². The van der Waals surface area contributed by atoms with Crippen molar-refractivity contribution in [2.75, 3.05) is 11.6 Å². The molecule has 0 aliphatic rings. The Morgan fingerprint density at radius 3 is 2.27 bits per heavy atom. The van der Waals surface area contributed by atoms with E-state index in [1.54, 1.807) is 0 Å². The summed E-state index contributed by atoms with van der Waals surface area (Å²) in [5.74, 6) is 0. The molecule has 0 radical (unpaired) electrons. The average molecular weight is 320 g/mol. The fourth-order valence-electron chi connectivity index (χ4n) is 1.70. The van der Waals surface area contributed by atoms with E-state index in [2.05, 4.69) is 10.8 Å². The predicted molar refractivity (Wildman–Crippen MR) is 82.9 cm³/mol. The van der Waals surface area contributed by atoms with Crippen molar-refractivity contribution in [3.05, 3.63) is 60.2 Å². The third-order valence-corrected chi connectivity index (χ3v) is 3.92. The monoisotopic (exact) mass is 320 g/mol. The maximum atomic E-state index is 11.6. The molecule has 0 saturated carbocycles. The van der Waals surface area contributed by atoms with Gasteiger partial charge in [0.05, 0.1) is 11.5 Å². The summed E-state index contributed by atoms with van der Waals surface area (Å²) in [6.45, 7) is 0.251. The Balaban J connectivity index is 1.82. The van der Waals surface area contributed by atoms with Crippen LogP contribution in [0, 0.1) is 0 Å². The molecule has 0 spiro atoms. The van der Waals surface area contributed by atoms with E-state index in [0.29, 0.717) is 5.69 Å². The lowest BCUT2D eigenvalue weighted by Crippen LogP contribution is -2.28. The molecule has 22 heavy (non-hydrogen) atoms. The van der Waals surface area contributed by atoms with Crippen LogP contribution in [0.1, 0.15) is 5.56 Å². The fraction of sp³-hybridized carbons (Fsp3) is 0.133. The summed E-state index contributed by atoms with van der Waals surface area (Å²) in [7, 11) is -3.25. The van der Waals surface area contributed by atoms with Crippen LogP contribution in [0.25, 0.3) is 0 Å². The maximum absolute atomic E-state index is 11.6. The summed E-state index contributed by atoms with van der Waals surface area (Å²) < 4.78 is 22.6. The lowest BCUT2D eigenvalue weighted by Gasteiger charge is -2.08. The van der Waals surface area contributed by atoms with Gasteiger partial charge in [0.2, 0.25) is 0 Å². The summed E-state index contributed by atoms with van der Waals surface area (Å²) in [5, 5.41) is 2.54. The second kappa shape index (κ2) is 7.06. The molecule has 0 aliphatic carbocycles. The van der Waals surface area contributed by atoms with Gasteiger partial charge in [-0.15, -0.1) is 0 Å². The number of hydrogen-bond acceptors (Lipinski definition) is 4. The third-order valence-electron chi connectivity index (χ3n) is 2.79. The highest BCUT2D eigenvalue weighted by Crippen LogP contribution is 2.13. The third kappa shape index (κ3) is 4.87. The van der Waals surface area contributed by atoms with Gasteiger partial charge >= 0.3 is 6.03 Å². The number of benzene rings is 2. The molecule has 0 atom stereocenters. The Bertz CT molecular complexity index is 728. The van der Waals surface area contributed by atoms with E-state index in [-0.39, 0.29) is 11.5 Å². The molecule has 0 heterocycles. The van der Waals surface area contributed by atoms with Crippen LogP contribution >= 0.6 is 0 Å². The molecule has 0 bridgehead atoms. The Morgan fingerprint density at radius 1 is 1.05 bits per heavy atom. The first-order valence-electron chi connectivity index (χ1n) is 6.48. The fourth-order valence-corrected chi connectivity index (χ4v) is 2.33. The zero-order valence-corrected chi connectivity index (χ0v) is 12.8. The summed E-state index contributed by atoms with van der Waals surface area (Å²) in [4.78, 5) is 16.9. The quantitative estimate of drug-likeness (QED) is 0.828. The molecule has 2 rings (SSSR count). The summed E-state index contributed by atoms with van der Waals surface area (Å²) >= 11 is 0. The lowest BCUT2D eigenvalue weighted by atomic mass is 10.2. The molecule has 7 heteroatoms. The second-order valence-electron chi connectivity index (χ2n) is 4.63. The standard InChI is InChI=1S/C15H16N2O4S/c1-22(19,20)14-9-7-13(8-10-14)16-15(18)17-21-11-12-5-3-2-4-6-12/h2-10H,11H2,1H3,(H2,16,17,18). The number of hydrogen-bond donors (Lipinski definition) is 2. The van der Waals surface area contributed by atoms with Crippen LogP contribution in [-0.2, 0) is 21.3 Å². The highest BCUT2D eigenvalue weighted by atomic mass is 32.2. The van der Waals surface area contributed by atoms with Crippen molar-refractivity contribution in [1.82, 2.24) is 5.48 Å². The molecule has 0 aromatic heterocycles. The number of rotatable bonds is 5. The van der Waals surface area contributed by atoms with Gasteiger partial charge in [0, 0.05) is 11.9 Å². The maximum Gasteiger partial charge on any atom is 0.343 e. The molecule has 2 N–H and O–H groups in total. The predicted octanol–water partition coefficient (Wildman–Crippen LogP) is 2.34. The average Bonchev–Trinajstić information content (AvgIpc) is 2.48. The Kier molecular flexibility index (Phi) is 5.13. The zero-order chi connectivity index (χ0) is 16.0. The lowest BCUT2D eigenvalue weighted by molar-refractivity contribution is 0.0536. The minimum absolute atomic E-state index is 0.193. The molecule has 0 fully saturated rings. The van der Waals surface area contributed by atoms with Crippen LogP contribution in [0.3, 0.4) is 0 Å². The minimum atomic E-state index is -3.25. The minimum Gasteiger partial charge on any atom is -0.306 e. The van der Waals surface area contributed by atoms with Crippen molar-refractivity contribution in [1.29, 1.82) is 0 Å². The molecule has 2 aromatic carbocycles. The van der Waals surface area contributed by atoms with Crippen LogP contribution < -0.4 is 10.8 Å². The molecule has 2 amide bonds. The van der Waals surface area contributed by atoms with E-state index >= 15 is 0 Å². The smallest absolute Gasteiger partial charge is 0.306 e. The van der Waals surface area contributed by atoms with E-state index in [1.807, 2.05) is 30.3 Å². The largest absolute Gasteiger partial charge is 0.343 e. The molecule has 0 unspecified atom stereocenters. The van der Waals surface area contributed by atoms with Gasteiger partial charge < -0.3 is 5.32 Å². The van der Waals surface area contributed by atoms with Gasteiger partial charge in [-0.2, -0.15) is 0 Å². The highest BCUT2D eigenvalue weighted by Gasteiger charge is 2.07. The SMILES string of the molecule is CS(=O)(=O)c1ccc(NC(=O)NOCc2ccccc2)cc1.